The van der Waals surface area contributed by atoms with E-state index in [-0.39, 0.29) is 18.1 Å². The molecule has 1 atom stereocenters. The van der Waals surface area contributed by atoms with Gasteiger partial charge in [0.1, 0.15) is 0 Å². The zero-order valence-corrected chi connectivity index (χ0v) is 15.1. The van der Waals surface area contributed by atoms with Crippen molar-refractivity contribution in [3.05, 3.63) is 41.8 Å². The van der Waals surface area contributed by atoms with E-state index in [9.17, 15) is 5.11 Å². The van der Waals surface area contributed by atoms with Crippen LogP contribution in [0.1, 0.15) is 49.6 Å². The summed E-state index contributed by atoms with van der Waals surface area (Å²) in [5.41, 5.74) is 1.06. The van der Waals surface area contributed by atoms with Crippen LogP contribution in [0.25, 0.3) is 0 Å². The number of hydrogen-bond donors (Lipinski definition) is 2. The number of aromatic nitrogens is 2. The molecule has 1 fully saturated rings. The quantitative estimate of drug-likeness (QED) is 0.804. The minimum absolute atomic E-state index is 0.0636. The van der Waals surface area contributed by atoms with Gasteiger partial charge >= 0.3 is 0 Å². The molecule has 0 saturated heterocycles. The van der Waals surface area contributed by atoms with Gasteiger partial charge in [-0.1, -0.05) is 49.6 Å². The Balaban J connectivity index is 1.81. The van der Waals surface area contributed by atoms with Gasteiger partial charge in [0.15, 0.2) is 0 Å². The number of hydrogen-bond acceptors (Lipinski definition) is 6. The van der Waals surface area contributed by atoms with Crippen LogP contribution in [-0.4, -0.2) is 35.9 Å². The molecule has 1 aromatic carbocycles. The fourth-order valence-corrected chi connectivity index (χ4v) is 3.82. The maximum absolute atomic E-state index is 10.2. The Morgan fingerprint density at radius 2 is 1.92 bits per heavy atom. The van der Waals surface area contributed by atoms with E-state index in [1.54, 1.807) is 0 Å². The molecular weight excluding hydrogens is 316 g/mol. The van der Waals surface area contributed by atoms with E-state index in [0.717, 1.165) is 25.7 Å². The number of benzene rings is 1. The predicted molar refractivity (Wildman–Crippen MR) is 97.3 cm³/mol. The Hall–Kier alpha value is -1.92. The van der Waals surface area contributed by atoms with E-state index in [1.807, 2.05) is 25.1 Å². The molecule has 2 aromatic rings. The monoisotopic (exact) mass is 344 g/mol. The maximum Gasteiger partial charge on any atom is 0.265 e. The first-order chi connectivity index (χ1) is 12.1. The third-order valence-electron chi connectivity index (χ3n) is 5.22. The van der Waals surface area contributed by atoms with Gasteiger partial charge in [0.2, 0.25) is 5.89 Å². The van der Waals surface area contributed by atoms with Gasteiger partial charge in [0.05, 0.1) is 13.2 Å². The number of aliphatic hydroxyl groups is 1. The molecule has 25 heavy (non-hydrogen) atoms. The van der Waals surface area contributed by atoms with Crippen LogP contribution in [0.4, 0.5) is 5.95 Å². The number of nitrogens with one attached hydrogen (secondary N) is 1. The second kappa shape index (κ2) is 7.97. The van der Waals surface area contributed by atoms with Gasteiger partial charge in [0.25, 0.3) is 5.95 Å². The fraction of sp³-hybridized carbons (Fsp3) is 0.579. The third-order valence-corrected chi connectivity index (χ3v) is 5.22. The summed E-state index contributed by atoms with van der Waals surface area (Å²) in [6.07, 6.45) is 5.64. The Morgan fingerprint density at radius 3 is 2.52 bits per heavy atom. The zero-order valence-electron chi connectivity index (χ0n) is 15.1. The van der Waals surface area contributed by atoms with Crippen LogP contribution in [0.15, 0.2) is 34.9 Å². The molecule has 136 valence electrons. The summed E-state index contributed by atoms with van der Waals surface area (Å²) in [6, 6.07) is 10.4. The first-order valence-corrected chi connectivity index (χ1v) is 9.04. The normalized spacial score (nSPS) is 18.0. The minimum atomic E-state index is -0.135. The highest BCUT2D eigenvalue weighted by Gasteiger charge is 2.40. The summed E-state index contributed by atoms with van der Waals surface area (Å²) in [5.74, 6) is 1.14. The van der Waals surface area contributed by atoms with E-state index < -0.39 is 0 Å². The standard InChI is InChI=1S/C19H28N4O2/c1-23(2)18-21-16(25-22-18)13-20-17(15-9-5-3-6-10-15)19(14-24)11-7-4-8-12-19/h3,5-6,9-10,17,20,24H,4,7-8,11-14H2,1-2H3. The van der Waals surface area contributed by atoms with Crippen LogP contribution in [-0.2, 0) is 6.54 Å². The van der Waals surface area contributed by atoms with Gasteiger partial charge in [0, 0.05) is 25.6 Å². The second-order valence-electron chi connectivity index (χ2n) is 7.19. The molecule has 1 unspecified atom stereocenters. The molecule has 0 spiro atoms. The molecule has 1 aliphatic carbocycles. The highest BCUT2D eigenvalue weighted by atomic mass is 16.5. The molecule has 1 aromatic heterocycles. The highest BCUT2D eigenvalue weighted by molar-refractivity contribution is 5.24. The van der Waals surface area contributed by atoms with E-state index in [2.05, 4.69) is 39.7 Å². The second-order valence-corrected chi connectivity index (χ2v) is 7.19. The Morgan fingerprint density at radius 1 is 1.20 bits per heavy atom. The number of rotatable bonds is 7. The summed E-state index contributed by atoms with van der Waals surface area (Å²) < 4.78 is 5.34. The van der Waals surface area contributed by atoms with Gasteiger partial charge in [-0.25, -0.2) is 0 Å². The average Bonchev–Trinajstić information content (AvgIpc) is 3.13. The third kappa shape index (κ3) is 4.02. The number of aliphatic hydroxyl groups excluding tert-OH is 1. The zero-order chi connectivity index (χ0) is 17.7. The smallest absolute Gasteiger partial charge is 0.265 e. The van der Waals surface area contributed by atoms with Crippen LogP contribution >= 0.6 is 0 Å². The molecule has 2 N–H and O–H groups in total. The van der Waals surface area contributed by atoms with E-state index in [4.69, 9.17) is 4.52 Å². The van der Waals surface area contributed by atoms with E-state index >= 15 is 0 Å². The van der Waals surface area contributed by atoms with Crippen LogP contribution in [0.5, 0.6) is 0 Å². The largest absolute Gasteiger partial charge is 0.396 e. The first kappa shape index (κ1) is 17.9. The van der Waals surface area contributed by atoms with Gasteiger partial charge in [-0.3, -0.25) is 0 Å². The van der Waals surface area contributed by atoms with Gasteiger partial charge in [-0.15, -0.1) is 0 Å². The van der Waals surface area contributed by atoms with Crippen molar-refractivity contribution in [2.75, 3.05) is 25.6 Å². The number of nitrogens with zero attached hydrogens (tertiary/aromatic N) is 3. The molecule has 1 aliphatic rings. The van der Waals surface area contributed by atoms with Crippen LogP contribution in [0, 0.1) is 5.41 Å². The van der Waals surface area contributed by atoms with Crippen molar-refractivity contribution in [3.63, 3.8) is 0 Å². The van der Waals surface area contributed by atoms with Gasteiger partial charge in [-0.05, 0) is 23.6 Å². The van der Waals surface area contributed by atoms with Gasteiger partial charge in [-0.2, -0.15) is 4.98 Å². The van der Waals surface area contributed by atoms with Crippen molar-refractivity contribution in [1.29, 1.82) is 0 Å². The van der Waals surface area contributed by atoms with Crippen molar-refractivity contribution in [1.82, 2.24) is 15.5 Å². The van der Waals surface area contributed by atoms with Crippen molar-refractivity contribution in [2.45, 2.75) is 44.7 Å². The van der Waals surface area contributed by atoms with Crippen LogP contribution in [0.2, 0.25) is 0 Å². The van der Waals surface area contributed by atoms with Crippen molar-refractivity contribution in [3.8, 4) is 0 Å². The Labute approximate surface area is 149 Å². The van der Waals surface area contributed by atoms with E-state index in [0.29, 0.717) is 18.4 Å². The summed E-state index contributed by atoms with van der Waals surface area (Å²) >= 11 is 0. The van der Waals surface area contributed by atoms with Crippen LogP contribution < -0.4 is 10.2 Å². The fourth-order valence-electron chi connectivity index (χ4n) is 3.82. The predicted octanol–water partition coefficient (Wildman–Crippen LogP) is 2.91. The summed E-state index contributed by atoms with van der Waals surface area (Å²) in [4.78, 5) is 6.21. The topological polar surface area (TPSA) is 74.4 Å². The highest BCUT2D eigenvalue weighted by Crippen LogP contribution is 2.45. The SMILES string of the molecule is CN(C)c1noc(CNC(c2ccccc2)C2(CO)CCCCC2)n1. The maximum atomic E-state index is 10.2. The Bertz CT molecular complexity index is 650. The number of anilines is 1. The lowest BCUT2D eigenvalue weighted by Gasteiger charge is -2.43. The van der Waals surface area contributed by atoms with Crippen molar-refractivity contribution in [2.24, 2.45) is 5.41 Å². The lowest BCUT2D eigenvalue weighted by molar-refractivity contribution is 0.0400. The lowest BCUT2D eigenvalue weighted by atomic mass is 9.67. The Kier molecular flexibility index (Phi) is 5.71. The molecule has 0 aliphatic heterocycles. The summed E-state index contributed by atoms with van der Waals surface area (Å²) in [6.45, 7) is 0.675. The summed E-state index contributed by atoms with van der Waals surface area (Å²) in [7, 11) is 3.77. The van der Waals surface area contributed by atoms with E-state index in [1.165, 1.54) is 12.0 Å². The molecule has 1 heterocycles. The molecule has 3 rings (SSSR count). The molecule has 0 amide bonds. The van der Waals surface area contributed by atoms with Crippen molar-refractivity contribution >= 4 is 5.95 Å². The minimum Gasteiger partial charge on any atom is -0.396 e. The summed E-state index contributed by atoms with van der Waals surface area (Å²) in [5, 5.41) is 17.8. The lowest BCUT2D eigenvalue weighted by Crippen LogP contribution is -2.42. The molecule has 0 bridgehead atoms. The van der Waals surface area contributed by atoms with Crippen molar-refractivity contribution < 1.29 is 9.63 Å². The van der Waals surface area contributed by atoms with Gasteiger partial charge < -0.3 is 19.8 Å². The van der Waals surface area contributed by atoms with Crippen LogP contribution in [0.3, 0.4) is 0 Å². The molecule has 6 heteroatoms. The molecule has 1 saturated carbocycles. The molecule has 0 radical (unpaired) electrons. The molecular formula is C19H28N4O2. The molecule has 6 nitrogen and oxygen atoms in total. The average molecular weight is 344 g/mol. The first-order valence-electron chi connectivity index (χ1n) is 9.04.